The van der Waals surface area contributed by atoms with Gasteiger partial charge in [0.15, 0.2) is 0 Å². The van der Waals surface area contributed by atoms with E-state index < -0.39 is 0 Å². The lowest BCUT2D eigenvalue weighted by Gasteiger charge is -2.14. The molecule has 1 aromatic rings. The number of hydrogen-bond acceptors (Lipinski definition) is 3. The molecule has 1 aromatic carbocycles. The van der Waals surface area contributed by atoms with E-state index in [0.717, 1.165) is 5.75 Å². The maximum atomic E-state index is 5.65. The summed E-state index contributed by atoms with van der Waals surface area (Å²) in [5, 5.41) is 4.09. The highest BCUT2D eigenvalue weighted by atomic mass is 32.2. The van der Waals surface area contributed by atoms with Gasteiger partial charge in [-0.05, 0) is 38.0 Å². The van der Waals surface area contributed by atoms with Gasteiger partial charge >= 0.3 is 0 Å². The van der Waals surface area contributed by atoms with Crippen molar-refractivity contribution in [1.29, 1.82) is 0 Å². The molecule has 17 heavy (non-hydrogen) atoms. The minimum atomic E-state index is 0.240. The van der Waals surface area contributed by atoms with Gasteiger partial charge in [-0.3, -0.25) is 5.32 Å². The highest BCUT2D eigenvalue weighted by Gasteiger charge is 2.23. The molecule has 0 saturated carbocycles. The van der Waals surface area contributed by atoms with Crippen LogP contribution in [-0.2, 0) is 0 Å². The molecule has 1 heterocycles. The second-order valence-corrected chi connectivity index (χ2v) is 5.86. The lowest BCUT2D eigenvalue weighted by molar-refractivity contribution is 0.242. The van der Waals surface area contributed by atoms with Crippen molar-refractivity contribution in [1.82, 2.24) is 5.32 Å². The summed E-state index contributed by atoms with van der Waals surface area (Å²) < 4.78 is 5.65. The van der Waals surface area contributed by atoms with Gasteiger partial charge in [0, 0.05) is 11.8 Å². The Morgan fingerprint density at radius 1 is 1.35 bits per heavy atom. The van der Waals surface area contributed by atoms with Crippen LogP contribution in [0.1, 0.15) is 38.1 Å². The highest BCUT2D eigenvalue weighted by Crippen LogP contribution is 2.34. The van der Waals surface area contributed by atoms with Gasteiger partial charge in [-0.1, -0.05) is 19.1 Å². The lowest BCUT2D eigenvalue weighted by Crippen LogP contribution is -2.24. The topological polar surface area (TPSA) is 21.3 Å². The molecule has 3 heteroatoms. The summed E-state index contributed by atoms with van der Waals surface area (Å²) in [7, 11) is 0. The number of hydrogen-bond donors (Lipinski definition) is 1. The molecule has 2 nitrogen and oxygen atoms in total. The van der Waals surface area contributed by atoms with Crippen molar-refractivity contribution in [2.75, 3.05) is 5.75 Å². The molecule has 1 aliphatic heterocycles. The van der Waals surface area contributed by atoms with Crippen LogP contribution in [0.15, 0.2) is 24.3 Å². The van der Waals surface area contributed by atoms with Crippen molar-refractivity contribution < 1.29 is 4.74 Å². The predicted octanol–water partition coefficient (Wildman–Crippen LogP) is 3.59. The first-order chi connectivity index (χ1) is 8.19. The van der Waals surface area contributed by atoms with E-state index in [2.05, 4.69) is 36.5 Å². The minimum Gasteiger partial charge on any atom is -0.491 e. The second-order valence-electron chi connectivity index (χ2n) is 4.72. The van der Waals surface area contributed by atoms with Crippen LogP contribution in [0.25, 0.3) is 0 Å². The monoisotopic (exact) mass is 251 g/mol. The van der Waals surface area contributed by atoms with Gasteiger partial charge in [0.25, 0.3) is 0 Å². The van der Waals surface area contributed by atoms with Crippen LogP contribution in [-0.4, -0.2) is 17.9 Å². The van der Waals surface area contributed by atoms with Gasteiger partial charge in [0.2, 0.25) is 0 Å². The van der Waals surface area contributed by atoms with Crippen molar-refractivity contribution in [2.45, 2.75) is 44.7 Å². The van der Waals surface area contributed by atoms with Crippen LogP contribution < -0.4 is 10.1 Å². The predicted molar refractivity (Wildman–Crippen MR) is 74.6 cm³/mol. The molecule has 1 saturated heterocycles. The molecule has 2 unspecified atom stereocenters. The summed E-state index contributed by atoms with van der Waals surface area (Å²) in [4.78, 5) is 0. The summed E-state index contributed by atoms with van der Waals surface area (Å²) >= 11 is 2.00. The van der Waals surface area contributed by atoms with E-state index in [1.165, 1.54) is 17.7 Å². The van der Waals surface area contributed by atoms with E-state index in [9.17, 15) is 0 Å². The molecular weight excluding hydrogens is 230 g/mol. The van der Waals surface area contributed by atoms with Crippen molar-refractivity contribution >= 4 is 11.8 Å². The molecule has 0 aromatic heterocycles. The van der Waals surface area contributed by atoms with Crippen molar-refractivity contribution in [3.8, 4) is 5.75 Å². The fourth-order valence-corrected chi connectivity index (χ4v) is 3.34. The van der Waals surface area contributed by atoms with Gasteiger partial charge in [-0.15, -0.1) is 11.8 Å². The first kappa shape index (κ1) is 12.8. The molecule has 1 aliphatic rings. The summed E-state index contributed by atoms with van der Waals surface area (Å²) in [5.41, 5.74) is 1.35. The summed E-state index contributed by atoms with van der Waals surface area (Å²) in [6.45, 7) is 6.34. The van der Waals surface area contributed by atoms with E-state index in [4.69, 9.17) is 4.74 Å². The summed E-state index contributed by atoms with van der Waals surface area (Å²) in [5.74, 6) is 2.17. The Balaban J connectivity index is 1.98. The molecule has 94 valence electrons. The molecule has 0 radical (unpaired) electrons. The van der Waals surface area contributed by atoms with Gasteiger partial charge in [-0.25, -0.2) is 0 Å². The van der Waals surface area contributed by atoms with Crippen LogP contribution >= 0.6 is 11.8 Å². The Bertz CT molecular complexity index is 350. The first-order valence-corrected chi connectivity index (χ1v) is 7.38. The Morgan fingerprint density at radius 2 is 2.06 bits per heavy atom. The normalized spacial score (nSPS) is 24.2. The third-order valence-corrected chi connectivity index (χ3v) is 4.23. The van der Waals surface area contributed by atoms with Gasteiger partial charge < -0.3 is 4.74 Å². The Hall–Kier alpha value is -0.670. The molecular formula is C14H21NOS. The highest BCUT2D eigenvalue weighted by molar-refractivity contribution is 7.99. The molecule has 1 N–H and O–H groups in total. The molecule has 1 fully saturated rings. The van der Waals surface area contributed by atoms with Gasteiger partial charge in [0.05, 0.1) is 11.5 Å². The maximum absolute atomic E-state index is 5.65. The van der Waals surface area contributed by atoms with E-state index in [1.807, 2.05) is 25.6 Å². The minimum absolute atomic E-state index is 0.240. The average Bonchev–Trinajstić information content (AvgIpc) is 2.78. The van der Waals surface area contributed by atoms with E-state index in [0.29, 0.717) is 11.4 Å². The number of rotatable bonds is 4. The zero-order valence-corrected chi connectivity index (χ0v) is 11.6. The first-order valence-electron chi connectivity index (χ1n) is 6.33. The molecule has 2 rings (SSSR count). The van der Waals surface area contributed by atoms with Crippen molar-refractivity contribution in [2.24, 2.45) is 0 Å². The molecule has 0 amide bonds. The number of thioether (sulfide) groups is 1. The smallest absolute Gasteiger partial charge is 0.119 e. The Morgan fingerprint density at radius 3 is 2.59 bits per heavy atom. The number of benzene rings is 1. The van der Waals surface area contributed by atoms with Gasteiger partial charge in [-0.2, -0.15) is 0 Å². The maximum Gasteiger partial charge on any atom is 0.119 e. The lowest BCUT2D eigenvalue weighted by atomic mass is 10.2. The molecule has 0 spiro atoms. The zero-order valence-electron chi connectivity index (χ0n) is 10.8. The van der Waals surface area contributed by atoms with Crippen LogP contribution in [0.4, 0.5) is 0 Å². The second kappa shape index (κ2) is 5.78. The van der Waals surface area contributed by atoms with Crippen LogP contribution in [0, 0.1) is 0 Å². The van der Waals surface area contributed by atoms with E-state index in [-0.39, 0.29) is 6.10 Å². The van der Waals surface area contributed by atoms with E-state index in [1.54, 1.807) is 0 Å². The summed E-state index contributed by atoms with van der Waals surface area (Å²) in [6.07, 6.45) is 1.45. The summed E-state index contributed by atoms with van der Waals surface area (Å²) in [6, 6.07) is 9.13. The quantitative estimate of drug-likeness (QED) is 0.883. The number of ether oxygens (including phenoxy) is 1. The van der Waals surface area contributed by atoms with Crippen LogP contribution in [0.2, 0.25) is 0 Å². The Kier molecular flexibility index (Phi) is 4.35. The van der Waals surface area contributed by atoms with Crippen molar-refractivity contribution in [3.63, 3.8) is 0 Å². The SMILES string of the molecule is CCC1CSC(c2ccc(OC(C)C)cc2)N1. The molecule has 2 atom stereocenters. The largest absolute Gasteiger partial charge is 0.491 e. The van der Waals surface area contributed by atoms with Gasteiger partial charge in [0.1, 0.15) is 5.75 Å². The average molecular weight is 251 g/mol. The molecule has 0 bridgehead atoms. The fourth-order valence-electron chi connectivity index (χ4n) is 1.94. The standard InChI is InChI=1S/C14H21NOS/c1-4-12-9-17-14(15-12)11-5-7-13(8-6-11)16-10(2)3/h5-8,10,12,14-15H,4,9H2,1-3H3. The Labute approximate surface area is 108 Å². The zero-order chi connectivity index (χ0) is 12.3. The van der Waals surface area contributed by atoms with Crippen LogP contribution in [0.5, 0.6) is 5.75 Å². The number of nitrogens with one attached hydrogen (secondary N) is 1. The van der Waals surface area contributed by atoms with E-state index >= 15 is 0 Å². The fraction of sp³-hybridized carbons (Fsp3) is 0.571. The van der Waals surface area contributed by atoms with Crippen molar-refractivity contribution in [3.05, 3.63) is 29.8 Å². The third-order valence-electron chi connectivity index (χ3n) is 2.90. The molecule has 0 aliphatic carbocycles. The third kappa shape index (κ3) is 3.39. The van der Waals surface area contributed by atoms with Crippen LogP contribution in [0.3, 0.4) is 0 Å².